The molecule has 3 nitrogen and oxygen atoms in total. The van der Waals surface area contributed by atoms with E-state index in [1.54, 1.807) is 0 Å². The number of rotatable bonds is 5. The van der Waals surface area contributed by atoms with Gasteiger partial charge in [-0.2, -0.15) is 0 Å². The fourth-order valence-corrected chi connectivity index (χ4v) is 1.33. The number of carbonyl (C=O) groups excluding carboxylic acids is 1. The average Bonchev–Trinajstić information content (AvgIpc) is 2.32. The molecule has 1 unspecified atom stereocenters. The lowest BCUT2D eigenvalue weighted by Gasteiger charge is -2.09. The third kappa shape index (κ3) is 3.78. The Morgan fingerprint density at radius 2 is 2.18 bits per heavy atom. The minimum atomic E-state index is -1.15. The number of aliphatic hydroxyl groups is 1. The second-order valence-corrected chi connectivity index (χ2v) is 3.71. The maximum Gasteiger partial charge on any atom is 0.254 e. The van der Waals surface area contributed by atoms with Crippen molar-refractivity contribution in [3.63, 3.8) is 0 Å². The number of benzene rings is 1. The SMILES string of the molecule is CCC(O)CCNC(=O)c1cccc(F)c1F. The molecule has 17 heavy (non-hydrogen) atoms. The molecule has 5 heteroatoms. The van der Waals surface area contributed by atoms with Crippen molar-refractivity contribution in [2.75, 3.05) is 6.54 Å². The third-order valence-corrected chi connectivity index (χ3v) is 2.43. The van der Waals surface area contributed by atoms with Crippen LogP contribution >= 0.6 is 0 Å². The van der Waals surface area contributed by atoms with Gasteiger partial charge >= 0.3 is 0 Å². The van der Waals surface area contributed by atoms with Crippen molar-refractivity contribution in [2.45, 2.75) is 25.9 Å². The molecule has 94 valence electrons. The first-order chi connectivity index (χ1) is 8.06. The van der Waals surface area contributed by atoms with Crippen LogP contribution in [-0.2, 0) is 0 Å². The predicted molar refractivity (Wildman–Crippen MR) is 59.6 cm³/mol. The lowest BCUT2D eigenvalue weighted by Crippen LogP contribution is -2.28. The van der Waals surface area contributed by atoms with Crippen molar-refractivity contribution >= 4 is 5.91 Å². The first-order valence-electron chi connectivity index (χ1n) is 5.46. The normalized spacial score (nSPS) is 12.2. The van der Waals surface area contributed by atoms with Crippen molar-refractivity contribution in [3.8, 4) is 0 Å². The molecule has 0 fully saturated rings. The van der Waals surface area contributed by atoms with E-state index in [2.05, 4.69) is 5.32 Å². The molecule has 0 aliphatic heterocycles. The Balaban J connectivity index is 2.56. The van der Waals surface area contributed by atoms with E-state index in [1.807, 2.05) is 6.92 Å². The fraction of sp³-hybridized carbons (Fsp3) is 0.417. The molecule has 0 radical (unpaired) electrons. The van der Waals surface area contributed by atoms with Gasteiger partial charge in [0.1, 0.15) is 0 Å². The fourth-order valence-electron chi connectivity index (χ4n) is 1.33. The Hall–Kier alpha value is -1.49. The third-order valence-electron chi connectivity index (χ3n) is 2.43. The summed E-state index contributed by atoms with van der Waals surface area (Å²) >= 11 is 0. The van der Waals surface area contributed by atoms with Crippen LogP contribution in [0.1, 0.15) is 30.1 Å². The molecule has 1 atom stereocenters. The van der Waals surface area contributed by atoms with Crippen LogP contribution in [0.4, 0.5) is 8.78 Å². The summed E-state index contributed by atoms with van der Waals surface area (Å²) in [6.07, 6.45) is 0.483. The summed E-state index contributed by atoms with van der Waals surface area (Å²) in [6.45, 7) is 2.04. The summed E-state index contributed by atoms with van der Waals surface area (Å²) in [5.41, 5.74) is -0.323. The van der Waals surface area contributed by atoms with Crippen molar-refractivity contribution in [1.29, 1.82) is 0 Å². The number of nitrogens with one attached hydrogen (secondary N) is 1. The van der Waals surface area contributed by atoms with E-state index >= 15 is 0 Å². The Bertz CT molecular complexity index is 396. The largest absolute Gasteiger partial charge is 0.393 e. The van der Waals surface area contributed by atoms with Gasteiger partial charge < -0.3 is 10.4 Å². The highest BCUT2D eigenvalue weighted by Crippen LogP contribution is 2.11. The van der Waals surface area contributed by atoms with Crippen LogP contribution in [0, 0.1) is 11.6 Å². The summed E-state index contributed by atoms with van der Waals surface area (Å²) < 4.78 is 26.1. The molecule has 1 rings (SSSR count). The molecule has 0 aliphatic carbocycles. The van der Waals surface area contributed by atoms with Gasteiger partial charge in [0.15, 0.2) is 11.6 Å². The maximum absolute atomic E-state index is 13.2. The van der Waals surface area contributed by atoms with Crippen LogP contribution in [0.3, 0.4) is 0 Å². The molecular formula is C12H15F2NO2. The quantitative estimate of drug-likeness (QED) is 0.829. The van der Waals surface area contributed by atoms with E-state index in [0.717, 1.165) is 6.07 Å². The summed E-state index contributed by atoms with van der Waals surface area (Å²) in [6, 6.07) is 3.44. The molecule has 0 saturated heterocycles. The number of amides is 1. The van der Waals surface area contributed by atoms with Gasteiger partial charge in [-0.15, -0.1) is 0 Å². The first-order valence-corrected chi connectivity index (χ1v) is 5.46. The lowest BCUT2D eigenvalue weighted by molar-refractivity contribution is 0.0937. The molecule has 1 amide bonds. The summed E-state index contributed by atoms with van der Waals surface area (Å²) in [5.74, 6) is -2.88. The van der Waals surface area contributed by atoms with Gasteiger partial charge in [-0.3, -0.25) is 4.79 Å². The lowest BCUT2D eigenvalue weighted by atomic mass is 10.1. The molecule has 0 aromatic heterocycles. The Labute approximate surface area is 98.5 Å². The zero-order valence-electron chi connectivity index (χ0n) is 9.54. The van der Waals surface area contributed by atoms with Crippen molar-refractivity contribution < 1.29 is 18.7 Å². The molecule has 0 spiro atoms. The van der Waals surface area contributed by atoms with Crippen LogP contribution in [-0.4, -0.2) is 23.7 Å². The van der Waals surface area contributed by atoms with Crippen LogP contribution in [0.15, 0.2) is 18.2 Å². The van der Waals surface area contributed by atoms with Crippen LogP contribution in [0.5, 0.6) is 0 Å². The molecule has 0 saturated carbocycles. The van der Waals surface area contributed by atoms with Crippen LogP contribution in [0.25, 0.3) is 0 Å². The average molecular weight is 243 g/mol. The van der Waals surface area contributed by atoms with E-state index in [9.17, 15) is 18.7 Å². The van der Waals surface area contributed by atoms with Gasteiger partial charge in [-0.05, 0) is 25.0 Å². The molecular weight excluding hydrogens is 228 g/mol. The monoisotopic (exact) mass is 243 g/mol. The van der Waals surface area contributed by atoms with E-state index in [0.29, 0.717) is 12.8 Å². The molecule has 1 aromatic carbocycles. The molecule has 2 N–H and O–H groups in total. The van der Waals surface area contributed by atoms with Gasteiger partial charge in [-0.1, -0.05) is 13.0 Å². The number of hydrogen-bond acceptors (Lipinski definition) is 2. The zero-order valence-corrected chi connectivity index (χ0v) is 9.54. The molecule has 0 bridgehead atoms. The minimum absolute atomic E-state index is 0.226. The second kappa shape index (κ2) is 6.30. The van der Waals surface area contributed by atoms with E-state index in [-0.39, 0.29) is 12.1 Å². The number of halogens is 2. The van der Waals surface area contributed by atoms with Gasteiger partial charge in [0.05, 0.1) is 11.7 Å². The Kier molecular flexibility index (Phi) is 5.03. The number of hydrogen-bond donors (Lipinski definition) is 2. The van der Waals surface area contributed by atoms with Crippen LogP contribution < -0.4 is 5.32 Å². The molecule has 0 heterocycles. The van der Waals surface area contributed by atoms with Gasteiger partial charge in [0.2, 0.25) is 0 Å². The second-order valence-electron chi connectivity index (χ2n) is 3.71. The summed E-state index contributed by atoms with van der Waals surface area (Å²) in [5, 5.41) is 11.7. The topological polar surface area (TPSA) is 49.3 Å². The Morgan fingerprint density at radius 3 is 2.82 bits per heavy atom. The van der Waals surface area contributed by atoms with Crippen molar-refractivity contribution in [1.82, 2.24) is 5.32 Å². The number of carbonyl (C=O) groups is 1. The van der Waals surface area contributed by atoms with E-state index in [1.165, 1.54) is 12.1 Å². The highest BCUT2D eigenvalue weighted by atomic mass is 19.2. The van der Waals surface area contributed by atoms with E-state index in [4.69, 9.17) is 0 Å². The smallest absolute Gasteiger partial charge is 0.254 e. The zero-order chi connectivity index (χ0) is 12.8. The van der Waals surface area contributed by atoms with E-state index < -0.39 is 23.6 Å². The van der Waals surface area contributed by atoms with Crippen LogP contribution in [0.2, 0.25) is 0 Å². The van der Waals surface area contributed by atoms with Gasteiger partial charge in [-0.25, -0.2) is 8.78 Å². The van der Waals surface area contributed by atoms with Gasteiger partial charge in [0.25, 0.3) is 5.91 Å². The van der Waals surface area contributed by atoms with Gasteiger partial charge in [0, 0.05) is 6.54 Å². The summed E-state index contributed by atoms with van der Waals surface area (Å²) in [7, 11) is 0. The molecule has 0 aliphatic rings. The van der Waals surface area contributed by atoms with Crippen molar-refractivity contribution in [3.05, 3.63) is 35.4 Å². The Morgan fingerprint density at radius 1 is 1.47 bits per heavy atom. The predicted octanol–water partition coefficient (Wildman–Crippen LogP) is 1.86. The first kappa shape index (κ1) is 13.6. The van der Waals surface area contributed by atoms with Crippen molar-refractivity contribution in [2.24, 2.45) is 0 Å². The highest BCUT2D eigenvalue weighted by molar-refractivity contribution is 5.94. The maximum atomic E-state index is 13.2. The molecule has 1 aromatic rings. The standard InChI is InChI=1S/C12H15F2NO2/c1-2-8(16)6-7-15-12(17)9-4-3-5-10(13)11(9)14/h3-5,8,16H,2,6-7H2,1H3,(H,15,17). The number of aliphatic hydroxyl groups excluding tert-OH is 1. The summed E-state index contributed by atoms with van der Waals surface area (Å²) in [4.78, 5) is 11.5. The minimum Gasteiger partial charge on any atom is -0.393 e. The highest BCUT2D eigenvalue weighted by Gasteiger charge is 2.14.